The van der Waals surface area contributed by atoms with Crippen LogP contribution in [-0.4, -0.2) is 25.0 Å². The third-order valence-corrected chi connectivity index (χ3v) is 2.33. The summed E-state index contributed by atoms with van der Waals surface area (Å²) in [6.45, 7) is 2.90. The second-order valence-electron chi connectivity index (χ2n) is 3.49. The molecule has 6 nitrogen and oxygen atoms in total. The van der Waals surface area contributed by atoms with Gasteiger partial charge in [-0.25, -0.2) is 14.6 Å². The van der Waals surface area contributed by atoms with Crippen molar-refractivity contribution in [1.29, 1.82) is 0 Å². The van der Waals surface area contributed by atoms with E-state index in [1.165, 1.54) is 6.33 Å². The molecule has 0 radical (unpaired) electrons. The fourth-order valence-electron chi connectivity index (χ4n) is 1.53. The first-order chi connectivity index (χ1) is 7.83. The first-order valence-electron chi connectivity index (χ1n) is 5.22. The van der Waals surface area contributed by atoms with Crippen LogP contribution in [0.1, 0.15) is 30.8 Å². The SMILES string of the molecule is CCCn1nncc1C(N)c1ccncn1. The summed E-state index contributed by atoms with van der Waals surface area (Å²) < 4.78 is 1.81. The first kappa shape index (κ1) is 10.7. The number of aromatic nitrogens is 5. The lowest BCUT2D eigenvalue weighted by molar-refractivity contribution is 0.541. The molecule has 1 atom stereocenters. The van der Waals surface area contributed by atoms with E-state index in [0.717, 1.165) is 24.4 Å². The summed E-state index contributed by atoms with van der Waals surface area (Å²) in [6.07, 6.45) is 5.84. The van der Waals surface area contributed by atoms with Gasteiger partial charge in [-0.3, -0.25) is 0 Å². The molecule has 2 rings (SSSR count). The summed E-state index contributed by atoms with van der Waals surface area (Å²) in [6, 6.07) is 1.50. The maximum Gasteiger partial charge on any atom is 0.115 e. The van der Waals surface area contributed by atoms with Crippen molar-refractivity contribution in [2.75, 3.05) is 0 Å². The van der Waals surface area contributed by atoms with Crippen LogP contribution in [0.4, 0.5) is 0 Å². The molecule has 1 unspecified atom stereocenters. The van der Waals surface area contributed by atoms with Crippen molar-refractivity contribution < 1.29 is 0 Å². The molecule has 84 valence electrons. The number of nitrogens with two attached hydrogens (primary N) is 1. The Labute approximate surface area is 93.5 Å². The van der Waals surface area contributed by atoms with Gasteiger partial charge in [0.25, 0.3) is 0 Å². The smallest absolute Gasteiger partial charge is 0.115 e. The molecule has 0 aliphatic rings. The monoisotopic (exact) mass is 218 g/mol. The predicted octanol–water partition coefficient (Wildman–Crippen LogP) is 0.526. The van der Waals surface area contributed by atoms with Gasteiger partial charge in [-0.1, -0.05) is 12.1 Å². The number of hydrogen-bond donors (Lipinski definition) is 1. The van der Waals surface area contributed by atoms with E-state index in [4.69, 9.17) is 5.73 Å². The van der Waals surface area contributed by atoms with Crippen LogP contribution >= 0.6 is 0 Å². The molecule has 0 bridgehead atoms. The first-order valence-corrected chi connectivity index (χ1v) is 5.22. The van der Waals surface area contributed by atoms with Gasteiger partial charge in [0, 0.05) is 12.7 Å². The van der Waals surface area contributed by atoms with Gasteiger partial charge in [0.2, 0.25) is 0 Å². The van der Waals surface area contributed by atoms with Gasteiger partial charge in [-0.05, 0) is 12.5 Å². The molecular weight excluding hydrogens is 204 g/mol. The minimum absolute atomic E-state index is 0.301. The van der Waals surface area contributed by atoms with Crippen LogP contribution < -0.4 is 5.73 Å². The highest BCUT2D eigenvalue weighted by Gasteiger charge is 2.15. The van der Waals surface area contributed by atoms with E-state index in [2.05, 4.69) is 27.2 Å². The maximum absolute atomic E-state index is 6.10. The highest BCUT2D eigenvalue weighted by Crippen LogP contribution is 2.15. The summed E-state index contributed by atoms with van der Waals surface area (Å²) in [5.41, 5.74) is 7.75. The van der Waals surface area contributed by atoms with Crippen molar-refractivity contribution in [3.8, 4) is 0 Å². The summed E-state index contributed by atoms with van der Waals surface area (Å²) in [5.74, 6) is 0. The molecule has 0 aromatic carbocycles. The fraction of sp³-hybridized carbons (Fsp3) is 0.400. The van der Waals surface area contributed by atoms with Gasteiger partial charge in [0.15, 0.2) is 0 Å². The van der Waals surface area contributed by atoms with E-state index in [9.17, 15) is 0 Å². The highest BCUT2D eigenvalue weighted by atomic mass is 15.4. The van der Waals surface area contributed by atoms with Crippen LogP contribution in [0.3, 0.4) is 0 Å². The Kier molecular flexibility index (Phi) is 3.21. The minimum atomic E-state index is -0.301. The van der Waals surface area contributed by atoms with Gasteiger partial charge in [-0.15, -0.1) is 5.10 Å². The Morgan fingerprint density at radius 3 is 3.06 bits per heavy atom. The van der Waals surface area contributed by atoms with E-state index in [-0.39, 0.29) is 6.04 Å². The van der Waals surface area contributed by atoms with E-state index < -0.39 is 0 Å². The lowest BCUT2D eigenvalue weighted by atomic mass is 10.1. The largest absolute Gasteiger partial charge is 0.318 e. The second kappa shape index (κ2) is 4.80. The molecule has 0 spiro atoms. The molecule has 0 saturated carbocycles. The van der Waals surface area contributed by atoms with Crippen molar-refractivity contribution in [3.05, 3.63) is 36.2 Å². The van der Waals surface area contributed by atoms with Gasteiger partial charge >= 0.3 is 0 Å². The molecule has 0 fully saturated rings. The molecule has 0 aliphatic carbocycles. The molecule has 0 saturated heterocycles. The summed E-state index contributed by atoms with van der Waals surface area (Å²) >= 11 is 0. The van der Waals surface area contributed by atoms with E-state index in [0.29, 0.717) is 0 Å². The average molecular weight is 218 g/mol. The zero-order valence-electron chi connectivity index (χ0n) is 9.11. The van der Waals surface area contributed by atoms with Crippen molar-refractivity contribution in [3.63, 3.8) is 0 Å². The van der Waals surface area contributed by atoms with Crippen LogP contribution in [0.15, 0.2) is 24.8 Å². The van der Waals surface area contributed by atoms with Crippen LogP contribution in [0.5, 0.6) is 0 Å². The van der Waals surface area contributed by atoms with Crippen LogP contribution in [0, 0.1) is 0 Å². The van der Waals surface area contributed by atoms with Crippen LogP contribution in [-0.2, 0) is 6.54 Å². The topological polar surface area (TPSA) is 82.5 Å². The van der Waals surface area contributed by atoms with Crippen molar-refractivity contribution >= 4 is 0 Å². The van der Waals surface area contributed by atoms with Crippen molar-refractivity contribution in [1.82, 2.24) is 25.0 Å². The lowest BCUT2D eigenvalue weighted by Gasteiger charge is -2.11. The zero-order chi connectivity index (χ0) is 11.4. The standard InChI is InChI=1S/C10H14N6/c1-2-5-16-9(6-14-15-16)10(11)8-3-4-12-7-13-8/h3-4,6-7,10H,2,5,11H2,1H3. The van der Waals surface area contributed by atoms with Gasteiger partial charge < -0.3 is 5.73 Å². The zero-order valence-corrected chi connectivity index (χ0v) is 9.11. The van der Waals surface area contributed by atoms with Gasteiger partial charge in [-0.2, -0.15) is 0 Å². The average Bonchev–Trinajstić information content (AvgIpc) is 2.78. The Morgan fingerprint density at radius 1 is 1.50 bits per heavy atom. The quantitative estimate of drug-likeness (QED) is 0.809. The summed E-state index contributed by atoms with van der Waals surface area (Å²) in [7, 11) is 0. The van der Waals surface area contributed by atoms with Crippen LogP contribution in [0.2, 0.25) is 0 Å². The van der Waals surface area contributed by atoms with Crippen LogP contribution in [0.25, 0.3) is 0 Å². The third kappa shape index (κ3) is 2.06. The Bertz CT molecular complexity index is 438. The molecular formula is C10H14N6. The summed E-state index contributed by atoms with van der Waals surface area (Å²) in [5, 5.41) is 7.87. The number of nitrogens with zero attached hydrogens (tertiary/aromatic N) is 5. The number of hydrogen-bond acceptors (Lipinski definition) is 5. The number of aryl methyl sites for hydroxylation is 1. The molecule has 2 aromatic rings. The van der Waals surface area contributed by atoms with Crippen molar-refractivity contribution in [2.45, 2.75) is 25.9 Å². The van der Waals surface area contributed by atoms with Gasteiger partial charge in [0.1, 0.15) is 6.33 Å². The van der Waals surface area contributed by atoms with Gasteiger partial charge in [0.05, 0.1) is 23.6 Å². The lowest BCUT2D eigenvalue weighted by Crippen LogP contribution is -2.18. The fourth-order valence-corrected chi connectivity index (χ4v) is 1.53. The summed E-state index contributed by atoms with van der Waals surface area (Å²) in [4.78, 5) is 7.99. The molecule has 16 heavy (non-hydrogen) atoms. The highest BCUT2D eigenvalue weighted by molar-refractivity contribution is 5.17. The maximum atomic E-state index is 6.10. The van der Waals surface area contributed by atoms with E-state index >= 15 is 0 Å². The van der Waals surface area contributed by atoms with Crippen molar-refractivity contribution in [2.24, 2.45) is 5.73 Å². The Morgan fingerprint density at radius 2 is 2.38 bits per heavy atom. The Hall–Kier alpha value is -1.82. The molecule has 2 aromatic heterocycles. The predicted molar refractivity (Wildman–Crippen MR) is 58.4 cm³/mol. The van der Waals surface area contributed by atoms with E-state index in [1.807, 2.05) is 4.68 Å². The number of rotatable bonds is 4. The molecule has 0 amide bonds. The third-order valence-electron chi connectivity index (χ3n) is 2.33. The molecule has 6 heteroatoms. The second-order valence-corrected chi connectivity index (χ2v) is 3.49. The van der Waals surface area contributed by atoms with E-state index in [1.54, 1.807) is 18.5 Å². The molecule has 2 heterocycles. The normalized spacial score (nSPS) is 12.6. The Balaban J connectivity index is 2.27. The molecule has 0 aliphatic heterocycles. The minimum Gasteiger partial charge on any atom is -0.318 e. The molecule has 2 N–H and O–H groups in total.